The summed E-state index contributed by atoms with van der Waals surface area (Å²) in [6.45, 7) is 5.21. The Labute approximate surface area is 227 Å². The van der Waals surface area contributed by atoms with Crippen LogP contribution in [0.15, 0.2) is 59.5 Å². The standard InChI is InChI=1S/C29H31N3O6S/c1-5-39(37,38)17-20-8-11-22(29(36)21-9-6-18(2)7-10-21)24(14-20)25-16-31(4)28(35)15-23(25)19(3)30-32-26(33)12-13-27(32)34/h6-11,14-16,19,30H,5,12-13,17H2,1-4H3/t19-/m0/s1. The molecule has 9 nitrogen and oxygen atoms in total. The van der Waals surface area contributed by atoms with Crippen LogP contribution in [0.2, 0.25) is 0 Å². The first-order chi connectivity index (χ1) is 18.4. The molecule has 204 valence electrons. The summed E-state index contributed by atoms with van der Waals surface area (Å²) in [7, 11) is -1.79. The Kier molecular flexibility index (Phi) is 7.99. The number of carbonyl (C=O) groups is 3. The Morgan fingerprint density at radius 1 is 0.974 bits per heavy atom. The number of sulfone groups is 1. The normalized spacial score (nSPS) is 14.6. The first kappa shape index (κ1) is 28.1. The molecule has 4 rings (SSSR count). The Morgan fingerprint density at radius 3 is 2.23 bits per heavy atom. The molecule has 2 aromatic carbocycles. The highest BCUT2D eigenvalue weighted by Crippen LogP contribution is 2.33. The Balaban J connectivity index is 1.90. The number of aromatic nitrogens is 1. The minimum absolute atomic E-state index is 0.0314. The maximum atomic E-state index is 13.7. The van der Waals surface area contributed by atoms with Gasteiger partial charge in [-0.05, 0) is 36.6 Å². The van der Waals surface area contributed by atoms with Crippen LogP contribution in [-0.2, 0) is 32.2 Å². The molecule has 0 spiro atoms. The number of imide groups is 1. The molecule has 2 heterocycles. The highest BCUT2D eigenvalue weighted by Gasteiger charge is 2.31. The molecule has 0 unspecified atom stereocenters. The van der Waals surface area contributed by atoms with E-state index in [0.717, 1.165) is 10.6 Å². The highest BCUT2D eigenvalue weighted by molar-refractivity contribution is 7.90. The molecule has 0 radical (unpaired) electrons. The number of ketones is 1. The zero-order valence-electron chi connectivity index (χ0n) is 22.4. The van der Waals surface area contributed by atoms with Gasteiger partial charge in [0.1, 0.15) is 0 Å². The van der Waals surface area contributed by atoms with Crippen molar-refractivity contribution >= 4 is 27.4 Å². The number of benzene rings is 2. The summed E-state index contributed by atoms with van der Waals surface area (Å²) < 4.78 is 26.2. The summed E-state index contributed by atoms with van der Waals surface area (Å²) in [6, 6.07) is 12.8. The monoisotopic (exact) mass is 549 g/mol. The van der Waals surface area contributed by atoms with Crippen LogP contribution in [0.1, 0.15) is 65.3 Å². The summed E-state index contributed by atoms with van der Waals surface area (Å²) in [6.07, 6.45) is 1.79. The third-order valence-corrected chi connectivity index (χ3v) is 8.51. The smallest absolute Gasteiger partial charge is 0.250 e. The summed E-state index contributed by atoms with van der Waals surface area (Å²) in [5.74, 6) is -1.23. The fourth-order valence-electron chi connectivity index (χ4n) is 4.53. The predicted octanol–water partition coefficient (Wildman–Crippen LogP) is 3.24. The number of carbonyl (C=O) groups excluding carboxylic acids is 3. The second-order valence-electron chi connectivity index (χ2n) is 9.82. The van der Waals surface area contributed by atoms with E-state index in [-0.39, 0.29) is 47.5 Å². The molecule has 3 aromatic rings. The second kappa shape index (κ2) is 11.1. The molecule has 0 saturated carbocycles. The molecule has 0 aliphatic carbocycles. The van der Waals surface area contributed by atoms with E-state index in [1.165, 1.54) is 10.6 Å². The zero-order chi connectivity index (χ0) is 28.5. The van der Waals surface area contributed by atoms with Gasteiger partial charge in [0.15, 0.2) is 15.6 Å². The molecule has 1 fully saturated rings. The van der Waals surface area contributed by atoms with Crippen LogP contribution in [0.3, 0.4) is 0 Å². The number of pyridine rings is 1. The molecule has 1 aromatic heterocycles. The van der Waals surface area contributed by atoms with Crippen LogP contribution in [0.25, 0.3) is 11.1 Å². The largest absolute Gasteiger partial charge is 0.318 e. The van der Waals surface area contributed by atoms with Gasteiger partial charge in [0.25, 0.3) is 5.56 Å². The van der Waals surface area contributed by atoms with Crippen LogP contribution in [-0.4, -0.2) is 41.3 Å². The van der Waals surface area contributed by atoms with E-state index in [2.05, 4.69) is 5.43 Å². The number of nitrogens with one attached hydrogen (secondary N) is 1. The number of hydrazine groups is 1. The molecule has 1 N–H and O–H groups in total. The van der Waals surface area contributed by atoms with Gasteiger partial charge < -0.3 is 4.57 Å². The molecule has 1 aliphatic rings. The number of nitrogens with zero attached hydrogens (tertiary/aromatic N) is 2. The first-order valence-electron chi connectivity index (χ1n) is 12.7. The molecule has 0 bridgehead atoms. The second-order valence-corrected chi connectivity index (χ2v) is 12.2. The molecule has 1 atom stereocenters. The Bertz CT molecular complexity index is 1610. The minimum atomic E-state index is -3.36. The quantitative estimate of drug-likeness (QED) is 0.321. The van der Waals surface area contributed by atoms with Crippen molar-refractivity contribution in [2.45, 2.75) is 45.4 Å². The summed E-state index contributed by atoms with van der Waals surface area (Å²) in [5, 5.41) is 0.967. The molecular formula is C29H31N3O6S. The topological polar surface area (TPSA) is 123 Å². The lowest BCUT2D eigenvalue weighted by molar-refractivity contribution is -0.142. The lowest BCUT2D eigenvalue weighted by Crippen LogP contribution is -2.43. The number of amides is 2. The minimum Gasteiger partial charge on any atom is -0.318 e. The van der Waals surface area contributed by atoms with E-state index in [4.69, 9.17) is 0 Å². The van der Waals surface area contributed by atoms with Gasteiger partial charge >= 0.3 is 0 Å². The van der Waals surface area contributed by atoms with E-state index in [0.29, 0.717) is 33.4 Å². The third-order valence-electron chi connectivity index (χ3n) is 6.86. The molecule has 39 heavy (non-hydrogen) atoms. The van der Waals surface area contributed by atoms with Crippen LogP contribution >= 0.6 is 0 Å². The van der Waals surface area contributed by atoms with Crippen molar-refractivity contribution in [2.75, 3.05) is 5.75 Å². The van der Waals surface area contributed by atoms with Crippen molar-refractivity contribution < 1.29 is 22.8 Å². The van der Waals surface area contributed by atoms with Crippen LogP contribution < -0.4 is 11.0 Å². The number of hydrogen-bond donors (Lipinski definition) is 1. The van der Waals surface area contributed by atoms with Gasteiger partial charge in [-0.15, -0.1) is 0 Å². The average Bonchev–Trinajstić information content (AvgIpc) is 3.21. The summed E-state index contributed by atoms with van der Waals surface area (Å²) in [5.41, 5.74) is 6.28. The van der Waals surface area contributed by atoms with Crippen LogP contribution in [0.4, 0.5) is 0 Å². The lowest BCUT2D eigenvalue weighted by Gasteiger charge is -2.24. The van der Waals surface area contributed by atoms with Crippen molar-refractivity contribution in [1.29, 1.82) is 0 Å². The van der Waals surface area contributed by atoms with Crippen molar-refractivity contribution in [1.82, 2.24) is 15.0 Å². The van der Waals surface area contributed by atoms with E-state index in [1.807, 2.05) is 19.1 Å². The van der Waals surface area contributed by atoms with E-state index in [1.54, 1.807) is 57.4 Å². The Morgan fingerprint density at radius 2 is 1.62 bits per heavy atom. The predicted molar refractivity (Wildman–Crippen MR) is 148 cm³/mol. The summed E-state index contributed by atoms with van der Waals surface area (Å²) in [4.78, 5) is 50.9. The lowest BCUT2D eigenvalue weighted by atomic mass is 9.89. The fraction of sp³-hybridized carbons (Fsp3) is 0.310. The SMILES string of the molecule is CCS(=O)(=O)Cc1ccc(C(=O)c2ccc(C)cc2)c(-c2cn(C)c(=O)cc2[C@H](C)NN2C(=O)CCC2=O)c1. The average molecular weight is 550 g/mol. The van der Waals surface area contributed by atoms with Gasteiger partial charge in [-0.25, -0.2) is 18.9 Å². The molecular weight excluding hydrogens is 518 g/mol. The van der Waals surface area contributed by atoms with Gasteiger partial charge in [0, 0.05) is 60.6 Å². The van der Waals surface area contributed by atoms with Gasteiger partial charge in [-0.2, -0.15) is 0 Å². The highest BCUT2D eigenvalue weighted by atomic mass is 32.2. The van der Waals surface area contributed by atoms with Crippen LogP contribution in [0, 0.1) is 6.92 Å². The maximum Gasteiger partial charge on any atom is 0.250 e. The zero-order valence-corrected chi connectivity index (χ0v) is 23.2. The van der Waals surface area contributed by atoms with Gasteiger partial charge in [0.2, 0.25) is 11.8 Å². The van der Waals surface area contributed by atoms with Crippen molar-refractivity contribution in [3.63, 3.8) is 0 Å². The van der Waals surface area contributed by atoms with Crippen molar-refractivity contribution in [2.24, 2.45) is 7.05 Å². The third kappa shape index (κ3) is 6.07. The van der Waals surface area contributed by atoms with Crippen LogP contribution in [0.5, 0.6) is 0 Å². The van der Waals surface area contributed by atoms with Crippen molar-refractivity contribution in [3.05, 3.63) is 92.9 Å². The van der Waals surface area contributed by atoms with E-state index < -0.39 is 15.9 Å². The molecule has 2 amide bonds. The number of hydrogen-bond acceptors (Lipinski definition) is 7. The van der Waals surface area contributed by atoms with E-state index in [9.17, 15) is 27.6 Å². The van der Waals surface area contributed by atoms with Gasteiger partial charge in [-0.3, -0.25) is 19.2 Å². The summed E-state index contributed by atoms with van der Waals surface area (Å²) >= 11 is 0. The van der Waals surface area contributed by atoms with Crippen molar-refractivity contribution in [3.8, 4) is 11.1 Å². The van der Waals surface area contributed by atoms with Gasteiger partial charge in [0.05, 0.1) is 5.75 Å². The van der Waals surface area contributed by atoms with E-state index >= 15 is 0 Å². The molecule has 1 aliphatic heterocycles. The number of rotatable bonds is 9. The maximum absolute atomic E-state index is 13.7. The first-order valence-corrected chi connectivity index (χ1v) is 14.5. The number of aryl methyl sites for hydroxylation is 2. The molecule has 1 saturated heterocycles. The molecule has 10 heteroatoms. The van der Waals surface area contributed by atoms with Gasteiger partial charge in [-0.1, -0.05) is 48.9 Å². The Hall–Kier alpha value is -3.89. The fourth-order valence-corrected chi connectivity index (χ4v) is 5.42.